The lowest BCUT2D eigenvalue weighted by Crippen LogP contribution is -2.39. The lowest BCUT2D eigenvalue weighted by atomic mass is 10.1. The van der Waals surface area contributed by atoms with E-state index in [-0.39, 0.29) is 4.99 Å². The maximum absolute atomic E-state index is 11.8. The van der Waals surface area contributed by atoms with Gasteiger partial charge in [-0.3, -0.25) is 4.79 Å². The van der Waals surface area contributed by atoms with Crippen molar-refractivity contribution in [2.45, 2.75) is 6.04 Å². The molecule has 0 aliphatic heterocycles. The number of esters is 1. The van der Waals surface area contributed by atoms with Gasteiger partial charge in [0.1, 0.15) is 0 Å². The van der Waals surface area contributed by atoms with Gasteiger partial charge in [-0.1, -0.05) is 42.5 Å². The van der Waals surface area contributed by atoms with Gasteiger partial charge in [0.2, 0.25) is 10.0 Å². The molecule has 0 fully saturated rings. The molecule has 8 heteroatoms. The number of methoxy groups -OCH3 is 1. The zero-order valence-corrected chi connectivity index (χ0v) is 11.8. The van der Waals surface area contributed by atoms with Gasteiger partial charge < -0.3 is 10.5 Å². The third kappa shape index (κ3) is 4.93. The Morgan fingerprint density at radius 3 is 2.47 bits per heavy atom. The fourth-order valence-electron chi connectivity index (χ4n) is 1.37. The van der Waals surface area contributed by atoms with E-state index in [1.54, 1.807) is 30.3 Å². The second-order valence-electron chi connectivity index (χ2n) is 3.70. The van der Waals surface area contributed by atoms with Gasteiger partial charge in [0.15, 0.2) is 5.75 Å². The standard InChI is InChI=1S/C11H14N2O4S2/c1-17-9(14)7-19(15,16)13-10(11(12)18)8-5-3-2-4-6-8/h2-6,10,13H,7H2,1H3,(H2,12,18). The number of hydrogen-bond donors (Lipinski definition) is 2. The van der Waals surface area contributed by atoms with Crippen molar-refractivity contribution in [2.75, 3.05) is 12.9 Å². The minimum absolute atomic E-state index is 0.0281. The molecule has 1 unspecified atom stereocenters. The third-order valence-corrected chi connectivity index (χ3v) is 3.70. The van der Waals surface area contributed by atoms with Crippen LogP contribution >= 0.6 is 12.2 Å². The van der Waals surface area contributed by atoms with Crippen LogP contribution in [0.5, 0.6) is 0 Å². The van der Waals surface area contributed by atoms with E-state index < -0.39 is 27.8 Å². The molecule has 1 aromatic rings. The highest BCUT2D eigenvalue weighted by Gasteiger charge is 2.24. The summed E-state index contributed by atoms with van der Waals surface area (Å²) in [6.45, 7) is 0. The Labute approximate surface area is 117 Å². The number of ether oxygens (including phenoxy) is 1. The molecule has 0 aliphatic rings. The number of nitrogens with two attached hydrogens (primary N) is 1. The Balaban J connectivity index is 2.92. The second-order valence-corrected chi connectivity index (χ2v) is 5.92. The van der Waals surface area contributed by atoms with Crippen molar-refractivity contribution in [2.24, 2.45) is 5.73 Å². The summed E-state index contributed by atoms with van der Waals surface area (Å²) in [5.74, 6) is -1.64. The van der Waals surface area contributed by atoms with Crippen molar-refractivity contribution in [1.82, 2.24) is 4.72 Å². The Morgan fingerprint density at radius 1 is 1.42 bits per heavy atom. The number of nitrogens with one attached hydrogen (secondary N) is 1. The maximum Gasteiger partial charge on any atom is 0.322 e. The number of carbonyl (C=O) groups excluding carboxylic acids is 1. The minimum atomic E-state index is -3.88. The first-order valence-electron chi connectivity index (χ1n) is 5.27. The summed E-state index contributed by atoms with van der Waals surface area (Å²) in [5, 5.41) is 0. The van der Waals surface area contributed by atoms with E-state index in [0.717, 1.165) is 7.11 Å². The van der Waals surface area contributed by atoms with E-state index in [4.69, 9.17) is 18.0 Å². The molecule has 0 amide bonds. The molecule has 0 radical (unpaired) electrons. The van der Waals surface area contributed by atoms with Crippen molar-refractivity contribution in [3.8, 4) is 0 Å². The lowest BCUT2D eigenvalue weighted by molar-refractivity contribution is -0.137. The predicted octanol–water partition coefficient (Wildman–Crippen LogP) is 0.106. The largest absolute Gasteiger partial charge is 0.468 e. The van der Waals surface area contributed by atoms with E-state index in [2.05, 4.69) is 9.46 Å². The molecule has 0 bridgehead atoms. The van der Waals surface area contributed by atoms with Crippen LogP contribution in [-0.2, 0) is 19.6 Å². The molecule has 1 aromatic carbocycles. The molecule has 0 aliphatic carbocycles. The fraction of sp³-hybridized carbons (Fsp3) is 0.273. The van der Waals surface area contributed by atoms with E-state index >= 15 is 0 Å². The summed E-state index contributed by atoms with van der Waals surface area (Å²) in [6.07, 6.45) is 0. The second kappa shape index (κ2) is 6.60. The molecule has 0 spiro atoms. The average Bonchev–Trinajstić information content (AvgIpc) is 2.36. The van der Waals surface area contributed by atoms with Crippen LogP contribution in [0.3, 0.4) is 0 Å². The van der Waals surface area contributed by atoms with Gasteiger partial charge in [-0.15, -0.1) is 0 Å². The molecule has 0 saturated carbocycles. The normalized spacial score (nSPS) is 12.7. The molecule has 0 saturated heterocycles. The highest BCUT2D eigenvalue weighted by atomic mass is 32.2. The molecule has 1 atom stereocenters. The van der Waals surface area contributed by atoms with Crippen molar-refractivity contribution >= 4 is 33.2 Å². The third-order valence-electron chi connectivity index (χ3n) is 2.25. The summed E-state index contributed by atoms with van der Waals surface area (Å²) in [6, 6.07) is 7.76. The maximum atomic E-state index is 11.8. The fourth-order valence-corrected chi connectivity index (χ4v) is 2.77. The summed E-state index contributed by atoms with van der Waals surface area (Å²) in [5.41, 5.74) is 6.13. The van der Waals surface area contributed by atoms with E-state index in [0.29, 0.717) is 5.56 Å². The molecule has 6 nitrogen and oxygen atoms in total. The highest BCUT2D eigenvalue weighted by Crippen LogP contribution is 2.14. The van der Waals surface area contributed by atoms with Crippen LogP contribution < -0.4 is 10.5 Å². The quantitative estimate of drug-likeness (QED) is 0.571. The number of rotatable bonds is 6. The average molecular weight is 302 g/mol. The zero-order chi connectivity index (χ0) is 14.5. The van der Waals surface area contributed by atoms with Gasteiger partial charge in [0, 0.05) is 0 Å². The molecular formula is C11H14N2O4S2. The van der Waals surface area contributed by atoms with Crippen LogP contribution in [0.2, 0.25) is 0 Å². The van der Waals surface area contributed by atoms with Gasteiger partial charge in [-0.05, 0) is 5.56 Å². The van der Waals surface area contributed by atoms with Crippen molar-refractivity contribution < 1.29 is 17.9 Å². The highest BCUT2D eigenvalue weighted by molar-refractivity contribution is 7.90. The van der Waals surface area contributed by atoms with Crippen molar-refractivity contribution in [3.63, 3.8) is 0 Å². The first kappa shape index (κ1) is 15.5. The predicted molar refractivity (Wildman–Crippen MR) is 74.9 cm³/mol. The van der Waals surface area contributed by atoms with Crippen LogP contribution in [0.1, 0.15) is 11.6 Å². The topological polar surface area (TPSA) is 98.5 Å². The SMILES string of the molecule is COC(=O)CS(=O)(=O)NC(C(N)=S)c1ccccc1. The van der Waals surface area contributed by atoms with E-state index in [9.17, 15) is 13.2 Å². The molecule has 1 rings (SSSR count). The van der Waals surface area contributed by atoms with Gasteiger partial charge in [0.25, 0.3) is 0 Å². The monoisotopic (exact) mass is 302 g/mol. The van der Waals surface area contributed by atoms with Crippen molar-refractivity contribution in [3.05, 3.63) is 35.9 Å². The van der Waals surface area contributed by atoms with Gasteiger partial charge >= 0.3 is 5.97 Å². The summed E-state index contributed by atoms with van der Waals surface area (Å²) < 4.78 is 30.1. The van der Waals surface area contributed by atoms with Crippen LogP contribution in [0.25, 0.3) is 0 Å². The molecule has 0 heterocycles. The minimum Gasteiger partial charge on any atom is -0.468 e. The summed E-state index contributed by atoms with van der Waals surface area (Å²) >= 11 is 4.84. The zero-order valence-electron chi connectivity index (χ0n) is 10.2. The van der Waals surface area contributed by atoms with Gasteiger partial charge in [-0.25, -0.2) is 13.1 Å². The molecular weight excluding hydrogens is 288 g/mol. The molecule has 0 aromatic heterocycles. The van der Waals surface area contributed by atoms with E-state index in [1.807, 2.05) is 0 Å². The summed E-state index contributed by atoms with van der Waals surface area (Å²) in [7, 11) is -2.77. The molecule has 19 heavy (non-hydrogen) atoms. The number of hydrogen-bond acceptors (Lipinski definition) is 5. The first-order chi connectivity index (χ1) is 8.85. The molecule has 104 valence electrons. The summed E-state index contributed by atoms with van der Waals surface area (Å²) in [4.78, 5) is 11.0. The van der Waals surface area contributed by atoms with Crippen LogP contribution in [-0.4, -0.2) is 32.2 Å². The van der Waals surface area contributed by atoms with E-state index in [1.165, 1.54) is 0 Å². The van der Waals surface area contributed by atoms with Crippen LogP contribution in [0.4, 0.5) is 0 Å². The first-order valence-corrected chi connectivity index (χ1v) is 7.33. The Bertz CT molecular complexity index is 557. The Hall–Kier alpha value is -1.51. The van der Waals surface area contributed by atoms with Crippen LogP contribution in [0.15, 0.2) is 30.3 Å². The van der Waals surface area contributed by atoms with Gasteiger partial charge in [-0.2, -0.15) is 0 Å². The number of benzene rings is 1. The molecule has 3 N–H and O–H groups in total. The van der Waals surface area contributed by atoms with Crippen molar-refractivity contribution in [1.29, 1.82) is 0 Å². The van der Waals surface area contributed by atoms with Gasteiger partial charge in [0.05, 0.1) is 18.1 Å². The smallest absolute Gasteiger partial charge is 0.322 e. The Morgan fingerprint density at radius 2 is 2.00 bits per heavy atom. The number of thiocarbonyl (C=S) groups is 1. The number of sulfonamides is 1. The van der Waals surface area contributed by atoms with Crippen LogP contribution in [0, 0.1) is 0 Å². The Kier molecular flexibility index (Phi) is 5.40. The number of carbonyl (C=O) groups is 1. The lowest BCUT2D eigenvalue weighted by Gasteiger charge is -2.17.